The highest BCUT2D eigenvalue weighted by molar-refractivity contribution is 6.11. The first-order valence-electron chi connectivity index (χ1n) is 6.55. The van der Waals surface area contributed by atoms with Crippen LogP contribution >= 0.6 is 0 Å². The monoisotopic (exact) mass is 278 g/mol. The molecule has 0 amide bonds. The standard InChI is InChI=1S/C16H11FN4/c17-10-6-7-12-13(8-10)21-16-14(12)15(18-9-19-16)20-11-4-2-1-3-5-11/h1-9H,(H2,18,19,20,21). The van der Waals surface area contributed by atoms with Gasteiger partial charge in [-0.3, -0.25) is 0 Å². The smallest absolute Gasteiger partial charge is 0.143 e. The van der Waals surface area contributed by atoms with E-state index in [1.54, 1.807) is 6.07 Å². The molecule has 2 aromatic heterocycles. The average Bonchev–Trinajstić information content (AvgIpc) is 2.86. The Morgan fingerprint density at radius 3 is 2.71 bits per heavy atom. The maximum Gasteiger partial charge on any atom is 0.143 e. The number of hydrogen-bond acceptors (Lipinski definition) is 3. The Balaban J connectivity index is 1.94. The van der Waals surface area contributed by atoms with Gasteiger partial charge < -0.3 is 10.3 Å². The fourth-order valence-electron chi connectivity index (χ4n) is 2.45. The summed E-state index contributed by atoms with van der Waals surface area (Å²) in [6.45, 7) is 0. The number of halogens is 1. The van der Waals surface area contributed by atoms with Gasteiger partial charge in [-0.05, 0) is 30.3 Å². The van der Waals surface area contributed by atoms with E-state index in [9.17, 15) is 4.39 Å². The Hall–Kier alpha value is -2.95. The third kappa shape index (κ3) is 1.99. The summed E-state index contributed by atoms with van der Waals surface area (Å²) in [7, 11) is 0. The van der Waals surface area contributed by atoms with Gasteiger partial charge in [0.2, 0.25) is 0 Å². The second kappa shape index (κ2) is 4.56. The maximum absolute atomic E-state index is 13.3. The molecule has 0 aliphatic carbocycles. The molecule has 0 fully saturated rings. The lowest BCUT2D eigenvalue weighted by molar-refractivity contribution is 0.629. The van der Waals surface area contributed by atoms with E-state index in [-0.39, 0.29) is 5.82 Å². The highest BCUT2D eigenvalue weighted by atomic mass is 19.1. The van der Waals surface area contributed by atoms with E-state index in [1.807, 2.05) is 30.3 Å². The van der Waals surface area contributed by atoms with Gasteiger partial charge in [0.25, 0.3) is 0 Å². The number of nitrogens with zero attached hydrogens (tertiary/aromatic N) is 2. The summed E-state index contributed by atoms with van der Waals surface area (Å²) in [5.74, 6) is 0.420. The summed E-state index contributed by atoms with van der Waals surface area (Å²) in [6, 6.07) is 14.4. The Bertz CT molecular complexity index is 931. The Morgan fingerprint density at radius 1 is 1.00 bits per heavy atom. The molecular weight excluding hydrogens is 267 g/mol. The van der Waals surface area contributed by atoms with Crippen molar-refractivity contribution < 1.29 is 4.39 Å². The van der Waals surface area contributed by atoms with Crippen LogP contribution in [-0.4, -0.2) is 15.0 Å². The molecule has 0 bridgehead atoms. The van der Waals surface area contributed by atoms with Crippen LogP contribution < -0.4 is 5.32 Å². The van der Waals surface area contributed by atoms with Crippen molar-refractivity contribution in [3.05, 3.63) is 60.7 Å². The lowest BCUT2D eigenvalue weighted by Crippen LogP contribution is -1.94. The summed E-state index contributed by atoms with van der Waals surface area (Å²) in [5, 5.41) is 5.03. The van der Waals surface area contributed by atoms with E-state index in [1.165, 1.54) is 18.5 Å². The van der Waals surface area contributed by atoms with Crippen molar-refractivity contribution in [2.24, 2.45) is 0 Å². The number of anilines is 2. The molecule has 0 aliphatic heterocycles. The van der Waals surface area contributed by atoms with Crippen LogP contribution in [0.1, 0.15) is 0 Å². The van der Waals surface area contributed by atoms with Gasteiger partial charge in [0.05, 0.1) is 10.9 Å². The molecule has 4 aromatic rings. The Morgan fingerprint density at radius 2 is 1.86 bits per heavy atom. The van der Waals surface area contributed by atoms with Gasteiger partial charge >= 0.3 is 0 Å². The first-order chi connectivity index (χ1) is 10.3. The van der Waals surface area contributed by atoms with Gasteiger partial charge in [-0.1, -0.05) is 18.2 Å². The second-order valence-corrected chi connectivity index (χ2v) is 4.75. The number of fused-ring (bicyclic) bond motifs is 3. The number of aromatic amines is 1. The van der Waals surface area contributed by atoms with Crippen molar-refractivity contribution in [2.75, 3.05) is 5.32 Å². The molecule has 5 heteroatoms. The molecule has 0 saturated carbocycles. The van der Waals surface area contributed by atoms with Crippen LogP contribution in [0.4, 0.5) is 15.9 Å². The molecule has 2 heterocycles. The predicted octanol–water partition coefficient (Wildman–Crippen LogP) is 3.99. The van der Waals surface area contributed by atoms with E-state index < -0.39 is 0 Å². The average molecular weight is 278 g/mol. The molecular formula is C16H11FN4. The minimum absolute atomic E-state index is 0.278. The fourth-order valence-corrected chi connectivity index (χ4v) is 2.45. The summed E-state index contributed by atoms with van der Waals surface area (Å²) in [6.07, 6.45) is 1.49. The number of rotatable bonds is 2. The van der Waals surface area contributed by atoms with Gasteiger partial charge in [-0.2, -0.15) is 0 Å². The first kappa shape index (κ1) is 11.8. The highest BCUT2D eigenvalue weighted by Gasteiger charge is 2.11. The Kier molecular flexibility index (Phi) is 2.57. The number of nitrogens with one attached hydrogen (secondary N) is 2. The lowest BCUT2D eigenvalue weighted by atomic mass is 10.2. The minimum Gasteiger partial charge on any atom is -0.340 e. The van der Waals surface area contributed by atoms with Crippen LogP contribution in [0, 0.1) is 5.82 Å². The van der Waals surface area contributed by atoms with Crippen molar-refractivity contribution in [1.29, 1.82) is 0 Å². The topological polar surface area (TPSA) is 53.6 Å². The number of H-pyrrole nitrogens is 1. The van der Waals surface area contributed by atoms with Crippen LogP contribution in [0.25, 0.3) is 21.9 Å². The quantitative estimate of drug-likeness (QED) is 0.583. The number of para-hydroxylation sites is 1. The molecule has 102 valence electrons. The highest BCUT2D eigenvalue weighted by Crippen LogP contribution is 2.30. The van der Waals surface area contributed by atoms with Crippen molar-refractivity contribution in [2.45, 2.75) is 0 Å². The largest absolute Gasteiger partial charge is 0.340 e. The van der Waals surface area contributed by atoms with Crippen molar-refractivity contribution in [3.63, 3.8) is 0 Å². The van der Waals surface area contributed by atoms with Gasteiger partial charge in [-0.25, -0.2) is 14.4 Å². The van der Waals surface area contributed by atoms with Crippen molar-refractivity contribution in [3.8, 4) is 0 Å². The fraction of sp³-hybridized carbons (Fsp3) is 0. The molecule has 0 saturated heterocycles. The molecule has 0 spiro atoms. The van der Waals surface area contributed by atoms with Crippen LogP contribution in [0.3, 0.4) is 0 Å². The molecule has 2 aromatic carbocycles. The van der Waals surface area contributed by atoms with Gasteiger partial charge in [0.15, 0.2) is 0 Å². The number of hydrogen-bond donors (Lipinski definition) is 2. The van der Waals surface area contributed by atoms with Gasteiger partial charge in [-0.15, -0.1) is 0 Å². The molecule has 0 radical (unpaired) electrons. The molecule has 0 aliphatic rings. The molecule has 0 unspecified atom stereocenters. The molecule has 4 nitrogen and oxygen atoms in total. The maximum atomic E-state index is 13.3. The predicted molar refractivity (Wildman–Crippen MR) is 81.1 cm³/mol. The minimum atomic E-state index is -0.278. The number of aromatic nitrogens is 3. The summed E-state index contributed by atoms with van der Waals surface area (Å²) in [5.41, 5.74) is 2.33. The van der Waals surface area contributed by atoms with Crippen LogP contribution in [0.5, 0.6) is 0 Å². The van der Waals surface area contributed by atoms with E-state index in [0.717, 1.165) is 16.5 Å². The van der Waals surface area contributed by atoms with Gasteiger partial charge in [0.1, 0.15) is 23.6 Å². The van der Waals surface area contributed by atoms with Crippen LogP contribution in [-0.2, 0) is 0 Å². The SMILES string of the molecule is Fc1ccc2c(c1)[nH]c1ncnc(Nc3ccccc3)c12. The lowest BCUT2D eigenvalue weighted by Gasteiger charge is -2.06. The third-order valence-electron chi connectivity index (χ3n) is 3.39. The van der Waals surface area contributed by atoms with Crippen molar-refractivity contribution >= 4 is 33.4 Å². The van der Waals surface area contributed by atoms with E-state index in [0.29, 0.717) is 17.0 Å². The normalized spacial score (nSPS) is 11.1. The zero-order chi connectivity index (χ0) is 14.2. The summed E-state index contributed by atoms with van der Waals surface area (Å²) >= 11 is 0. The molecule has 21 heavy (non-hydrogen) atoms. The van der Waals surface area contributed by atoms with Gasteiger partial charge in [0, 0.05) is 11.1 Å². The summed E-state index contributed by atoms with van der Waals surface area (Å²) in [4.78, 5) is 11.6. The zero-order valence-corrected chi connectivity index (χ0v) is 11.0. The van der Waals surface area contributed by atoms with E-state index >= 15 is 0 Å². The number of benzene rings is 2. The third-order valence-corrected chi connectivity index (χ3v) is 3.39. The van der Waals surface area contributed by atoms with E-state index in [2.05, 4.69) is 20.3 Å². The van der Waals surface area contributed by atoms with Crippen molar-refractivity contribution in [1.82, 2.24) is 15.0 Å². The zero-order valence-electron chi connectivity index (χ0n) is 11.0. The summed E-state index contributed by atoms with van der Waals surface area (Å²) < 4.78 is 13.3. The van der Waals surface area contributed by atoms with Crippen LogP contribution in [0.2, 0.25) is 0 Å². The second-order valence-electron chi connectivity index (χ2n) is 4.75. The Labute approximate surface area is 119 Å². The van der Waals surface area contributed by atoms with E-state index in [4.69, 9.17) is 0 Å². The molecule has 4 rings (SSSR count). The molecule has 0 atom stereocenters. The van der Waals surface area contributed by atoms with Crippen LogP contribution in [0.15, 0.2) is 54.9 Å². The first-order valence-corrected chi connectivity index (χ1v) is 6.55. The molecule has 2 N–H and O–H groups in total.